The molecule has 1 aliphatic heterocycles. The van der Waals surface area contributed by atoms with E-state index in [1.165, 1.54) is 17.7 Å². The third kappa shape index (κ3) is 4.44. The first kappa shape index (κ1) is 16.8. The maximum Gasteiger partial charge on any atom is 0.0825 e. The van der Waals surface area contributed by atoms with Gasteiger partial charge in [0.05, 0.1) is 5.60 Å². The Kier molecular flexibility index (Phi) is 5.69. The predicted molar refractivity (Wildman–Crippen MR) is 93.0 cm³/mol. The monoisotopic (exact) mass is 354 g/mol. The summed E-state index contributed by atoms with van der Waals surface area (Å²) in [4.78, 5) is 2.47. The van der Waals surface area contributed by atoms with Gasteiger partial charge in [0.2, 0.25) is 0 Å². The highest BCUT2D eigenvalue weighted by molar-refractivity contribution is 9.10. The van der Waals surface area contributed by atoms with Gasteiger partial charge in [-0.3, -0.25) is 0 Å². The van der Waals surface area contributed by atoms with Crippen molar-refractivity contribution in [1.82, 2.24) is 5.32 Å². The van der Waals surface area contributed by atoms with Crippen molar-refractivity contribution in [2.75, 3.05) is 25.1 Å². The largest absolute Gasteiger partial charge is 0.377 e. The molecule has 1 aromatic carbocycles. The van der Waals surface area contributed by atoms with Crippen LogP contribution >= 0.6 is 15.9 Å². The molecule has 21 heavy (non-hydrogen) atoms. The number of rotatable bonds is 5. The van der Waals surface area contributed by atoms with Crippen molar-refractivity contribution in [3.8, 4) is 0 Å². The molecular weight excluding hydrogens is 328 g/mol. The minimum atomic E-state index is -0.0337. The predicted octanol–water partition coefficient (Wildman–Crippen LogP) is 3.95. The second-order valence-electron chi connectivity index (χ2n) is 6.49. The minimum absolute atomic E-state index is 0.0337. The van der Waals surface area contributed by atoms with Crippen molar-refractivity contribution in [3.63, 3.8) is 0 Å². The molecule has 1 N–H and O–H groups in total. The highest BCUT2D eigenvalue weighted by atomic mass is 79.9. The zero-order chi connectivity index (χ0) is 15.5. The Morgan fingerprint density at radius 3 is 2.86 bits per heavy atom. The second kappa shape index (κ2) is 7.12. The first-order valence-electron chi connectivity index (χ1n) is 7.75. The Labute approximate surface area is 137 Å². The molecule has 0 bridgehead atoms. The fourth-order valence-corrected chi connectivity index (χ4v) is 3.30. The average Bonchev–Trinajstić information content (AvgIpc) is 2.45. The molecule has 1 aliphatic rings. The van der Waals surface area contributed by atoms with Crippen molar-refractivity contribution >= 4 is 21.6 Å². The van der Waals surface area contributed by atoms with Gasteiger partial charge in [-0.2, -0.15) is 0 Å². The average molecular weight is 355 g/mol. The molecule has 3 nitrogen and oxygen atoms in total. The lowest BCUT2D eigenvalue weighted by molar-refractivity contribution is -0.00468. The molecule has 1 atom stereocenters. The smallest absolute Gasteiger partial charge is 0.0825 e. The number of piperidine rings is 1. The normalized spacial score (nSPS) is 22.9. The summed E-state index contributed by atoms with van der Waals surface area (Å²) in [5.41, 5.74) is 2.64. The lowest BCUT2D eigenvalue weighted by Crippen LogP contribution is -2.47. The van der Waals surface area contributed by atoms with Crippen LogP contribution < -0.4 is 10.2 Å². The van der Waals surface area contributed by atoms with E-state index in [-0.39, 0.29) is 5.60 Å². The van der Waals surface area contributed by atoms with E-state index in [1.807, 2.05) is 7.11 Å². The van der Waals surface area contributed by atoms with Gasteiger partial charge >= 0.3 is 0 Å². The van der Waals surface area contributed by atoms with Crippen LogP contribution in [0.25, 0.3) is 0 Å². The van der Waals surface area contributed by atoms with E-state index in [9.17, 15) is 0 Å². The van der Waals surface area contributed by atoms with E-state index in [1.54, 1.807) is 0 Å². The number of halogens is 1. The molecule has 118 valence electrons. The third-order valence-corrected chi connectivity index (χ3v) is 4.73. The van der Waals surface area contributed by atoms with Gasteiger partial charge in [-0.15, -0.1) is 0 Å². The summed E-state index contributed by atoms with van der Waals surface area (Å²) < 4.78 is 6.86. The maximum atomic E-state index is 5.73. The number of nitrogens with zero attached hydrogens (tertiary/aromatic N) is 1. The topological polar surface area (TPSA) is 24.5 Å². The molecule has 0 aliphatic carbocycles. The number of hydrogen-bond donors (Lipinski definition) is 1. The van der Waals surface area contributed by atoms with Gasteiger partial charge in [0.15, 0.2) is 0 Å². The lowest BCUT2D eigenvalue weighted by Gasteiger charge is -2.41. The summed E-state index contributed by atoms with van der Waals surface area (Å²) in [7, 11) is 1.83. The van der Waals surface area contributed by atoms with Crippen LogP contribution in [-0.2, 0) is 11.3 Å². The number of methoxy groups -OCH3 is 1. The Morgan fingerprint density at radius 2 is 2.19 bits per heavy atom. The SMILES string of the molecule is COC1(C)CCCN(c2ccc(Br)cc2CNC(C)C)C1. The molecular formula is C17H27BrN2O. The third-order valence-electron chi connectivity index (χ3n) is 4.23. The van der Waals surface area contributed by atoms with Crippen LogP contribution in [0.1, 0.15) is 39.2 Å². The van der Waals surface area contributed by atoms with Crippen molar-refractivity contribution in [2.24, 2.45) is 0 Å². The first-order chi connectivity index (χ1) is 9.93. The molecule has 1 aromatic rings. The molecule has 4 heteroatoms. The Bertz CT molecular complexity index is 478. The van der Waals surface area contributed by atoms with Crippen LogP contribution in [0.4, 0.5) is 5.69 Å². The molecule has 1 unspecified atom stereocenters. The lowest BCUT2D eigenvalue weighted by atomic mass is 9.94. The van der Waals surface area contributed by atoms with Gasteiger partial charge in [0.1, 0.15) is 0 Å². The number of nitrogens with one attached hydrogen (secondary N) is 1. The van der Waals surface area contributed by atoms with E-state index < -0.39 is 0 Å². The highest BCUT2D eigenvalue weighted by Crippen LogP contribution is 2.31. The van der Waals surface area contributed by atoms with Crippen LogP contribution in [0.15, 0.2) is 22.7 Å². The summed E-state index contributed by atoms with van der Waals surface area (Å²) in [5, 5.41) is 3.52. The maximum absolute atomic E-state index is 5.73. The fraction of sp³-hybridized carbons (Fsp3) is 0.647. The van der Waals surface area contributed by atoms with Gasteiger partial charge in [0, 0.05) is 42.9 Å². The van der Waals surface area contributed by atoms with Gasteiger partial charge in [0.25, 0.3) is 0 Å². The molecule has 1 saturated heterocycles. The van der Waals surface area contributed by atoms with Gasteiger partial charge < -0.3 is 15.0 Å². The Morgan fingerprint density at radius 1 is 1.43 bits per heavy atom. The van der Waals surface area contributed by atoms with Gasteiger partial charge in [-0.1, -0.05) is 29.8 Å². The Balaban J connectivity index is 2.21. The van der Waals surface area contributed by atoms with Crippen LogP contribution in [0.2, 0.25) is 0 Å². The van der Waals surface area contributed by atoms with Crippen molar-refractivity contribution in [1.29, 1.82) is 0 Å². The quantitative estimate of drug-likeness (QED) is 0.866. The van der Waals surface area contributed by atoms with Crippen molar-refractivity contribution in [3.05, 3.63) is 28.2 Å². The molecule has 1 fully saturated rings. The summed E-state index contributed by atoms with van der Waals surface area (Å²) >= 11 is 3.59. The standard InChI is InChI=1S/C17H27BrN2O/c1-13(2)19-11-14-10-15(18)6-7-16(14)20-9-5-8-17(3,12-20)21-4/h6-7,10,13,19H,5,8-9,11-12H2,1-4H3. The molecule has 0 radical (unpaired) electrons. The number of anilines is 1. The van der Waals surface area contributed by atoms with Crippen LogP contribution in [-0.4, -0.2) is 31.8 Å². The zero-order valence-electron chi connectivity index (χ0n) is 13.6. The Hall–Kier alpha value is -0.580. The summed E-state index contributed by atoms with van der Waals surface area (Å²) in [5.74, 6) is 0. The van der Waals surface area contributed by atoms with Crippen molar-refractivity contribution in [2.45, 2.75) is 51.8 Å². The van der Waals surface area contributed by atoms with Gasteiger partial charge in [-0.25, -0.2) is 0 Å². The van der Waals surface area contributed by atoms with Crippen LogP contribution in [0.5, 0.6) is 0 Å². The summed E-state index contributed by atoms with van der Waals surface area (Å²) in [6, 6.07) is 7.07. The summed E-state index contributed by atoms with van der Waals surface area (Å²) in [6.07, 6.45) is 2.31. The highest BCUT2D eigenvalue weighted by Gasteiger charge is 2.31. The molecule has 0 saturated carbocycles. The van der Waals surface area contributed by atoms with E-state index >= 15 is 0 Å². The van der Waals surface area contributed by atoms with Gasteiger partial charge in [-0.05, 0) is 43.5 Å². The van der Waals surface area contributed by atoms with E-state index in [2.05, 4.69) is 65.1 Å². The van der Waals surface area contributed by atoms with E-state index in [0.29, 0.717) is 6.04 Å². The fourth-order valence-electron chi connectivity index (χ4n) is 2.90. The van der Waals surface area contributed by atoms with Crippen molar-refractivity contribution < 1.29 is 4.74 Å². The molecule has 0 amide bonds. The van der Waals surface area contributed by atoms with E-state index in [0.717, 1.165) is 30.5 Å². The molecule has 2 rings (SSSR count). The number of benzene rings is 1. The minimum Gasteiger partial charge on any atom is -0.377 e. The first-order valence-corrected chi connectivity index (χ1v) is 8.55. The zero-order valence-corrected chi connectivity index (χ0v) is 15.2. The number of hydrogen-bond acceptors (Lipinski definition) is 3. The molecule has 1 heterocycles. The van der Waals surface area contributed by atoms with Crippen LogP contribution in [0, 0.1) is 0 Å². The summed E-state index contributed by atoms with van der Waals surface area (Å²) in [6.45, 7) is 9.53. The molecule has 0 spiro atoms. The van der Waals surface area contributed by atoms with Crippen LogP contribution in [0.3, 0.4) is 0 Å². The second-order valence-corrected chi connectivity index (χ2v) is 7.40. The van der Waals surface area contributed by atoms with E-state index in [4.69, 9.17) is 4.74 Å². The molecule has 0 aromatic heterocycles. The number of ether oxygens (including phenoxy) is 1.